The first kappa shape index (κ1) is 22.0. The number of carbonyl (C=O) groups is 1. The molecule has 4 rings (SSSR count). The molecule has 7 nitrogen and oxygen atoms in total. The fourth-order valence-corrected chi connectivity index (χ4v) is 3.79. The van der Waals surface area contributed by atoms with Gasteiger partial charge in [0.25, 0.3) is 5.91 Å². The number of amides is 1. The Morgan fingerprint density at radius 2 is 2.03 bits per heavy atom. The molecule has 0 bridgehead atoms. The monoisotopic (exact) mass is 435 g/mol. The fourth-order valence-electron chi connectivity index (χ4n) is 3.79. The Bertz CT molecular complexity index is 1020. The number of hydrogen-bond acceptors (Lipinski definition) is 6. The summed E-state index contributed by atoms with van der Waals surface area (Å²) >= 11 is 0. The van der Waals surface area contributed by atoms with E-state index >= 15 is 0 Å². The van der Waals surface area contributed by atoms with Crippen molar-refractivity contribution >= 4 is 5.91 Å². The zero-order chi connectivity index (χ0) is 22.3. The van der Waals surface area contributed by atoms with Gasteiger partial charge in [-0.25, -0.2) is 0 Å². The molecule has 0 saturated carbocycles. The van der Waals surface area contributed by atoms with Gasteiger partial charge in [0.1, 0.15) is 18.1 Å². The number of ether oxygens (including phenoxy) is 2. The fraction of sp³-hybridized carbons (Fsp3) is 0.360. The van der Waals surface area contributed by atoms with Crippen LogP contribution in [0.5, 0.6) is 5.75 Å². The molecule has 0 spiro atoms. The van der Waals surface area contributed by atoms with Crippen LogP contribution < -0.4 is 10.1 Å². The van der Waals surface area contributed by atoms with Crippen molar-refractivity contribution in [3.8, 4) is 5.75 Å². The molecule has 1 atom stereocenters. The van der Waals surface area contributed by atoms with Gasteiger partial charge in [0, 0.05) is 31.7 Å². The molecule has 1 N–H and O–H groups in total. The van der Waals surface area contributed by atoms with Crippen LogP contribution in [-0.4, -0.2) is 48.3 Å². The van der Waals surface area contributed by atoms with E-state index in [0.29, 0.717) is 31.1 Å². The van der Waals surface area contributed by atoms with Gasteiger partial charge in [-0.2, -0.15) is 0 Å². The van der Waals surface area contributed by atoms with E-state index in [2.05, 4.69) is 39.6 Å². The molecular weight excluding hydrogens is 406 g/mol. The smallest absolute Gasteiger partial charge is 0.251 e. The molecule has 1 amide bonds. The van der Waals surface area contributed by atoms with Crippen LogP contribution in [0.3, 0.4) is 0 Å². The van der Waals surface area contributed by atoms with Crippen LogP contribution in [0.25, 0.3) is 0 Å². The van der Waals surface area contributed by atoms with Crippen molar-refractivity contribution in [2.24, 2.45) is 0 Å². The summed E-state index contributed by atoms with van der Waals surface area (Å²) in [7, 11) is 0. The lowest BCUT2D eigenvalue weighted by atomic mass is 10.1. The third kappa shape index (κ3) is 5.75. The topological polar surface area (TPSA) is 76.8 Å². The summed E-state index contributed by atoms with van der Waals surface area (Å²) in [5, 5.41) is 6.93. The molecule has 168 valence electrons. The number of aryl methyl sites for hydroxylation is 2. The number of hydrogen-bond donors (Lipinski definition) is 1. The molecule has 1 aliphatic heterocycles. The summed E-state index contributed by atoms with van der Waals surface area (Å²) in [6, 6.07) is 17.6. The molecular formula is C25H29N3O4. The van der Waals surface area contributed by atoms with Crippen LogP contribution >= 0.6 is 0 Å². The number of benzene rings is 2. The average Bonchev–Trinajstić information content (AvgIpc) is 3.14. The molecule has 1 saturated heterocycles. The summed E-state index contributed by atoms with van der Waals surface area (Å²) in [6.45, 7) is 7.79. The van der Waals surface area contributed by atoms with Gasteiger partial charge in [-0.05, 0) is 37.6 Å². The second kappa shape index (κ2) is 10.4. The van der Waals surface area contributed by atoms with E-state index in [9.17, 15) is 4.79 Å². The minimum Gasteiger partial charge on any atom is -0.489 e. The third-order valence-corrected chi connectivity index (χ3v) is 5.62. The van der Waals surface area contributed by atoms with Crippen molar-refractivity contribution in [1.82, 2.24) is 15.4 Å². The van der Waals surface area contributed by atoms with Crippen molar-refractivity contribution in [2.75, 3.05) is 26.2 Å². The number of carbonyl (C=O) groups excluding carboxylic acids is 1. The largest absolute Gasteiger partial charge is 0.489 e. The van der Waals surface area contributed by atoms with Gasteiger partial charge >= 0.3 is 0 Å². The molecule has 0 unspecified atom stereocenters. The lowest BCUT2D eigenvalue weighted by Gasteiger charge is -2.33. The second-order valence-electron chi connectivity index (χ2n) is 8.04. The Kier molecular flexibility index (Phi) is 7.19. The predicted molar refractivity (Wildman–Crippen MR) is 121 cm³/mol. The van der Waals surface area contributed by atoms with Crippen molar-refractivity contribution in [3.63, 3.8) is 0 Å². The maximum absolute atomic E-state index is 12.7. The average molecular weight is 436 g/mol. The number of nitrogens with one attached hydrogen (secondary N) is 1. The predicted octanol–water partition coefficient (Wildman–Crippen LogP) is 3.50. The molecule has 1 aromatic heterocycles. The van der Waals surface area contributed by atoms with E-state index < -0.39 is 0 Å². The molecule has 1 fully saturated rings. The van der Waals surface area contributed by atoms with Crippen LogP contribution in [0.15, 0.2) is 59.1 Å². The van der Waals surface area contributed by atoms with E-state index in [1.807, 2.05) is 32.0 Å². The summed E-state index contributed by atoms with van der Waals surface area (Å²) in [6.07, 6.45) is -0.0320. The van der Waals surface area contributed by atoms with E-state index in [4.69, 9.17) is 14.0 Å². The molecule has 7 heteroatoms. The van der Waals surface area contributed by atoms with Gasteiger partial charge in [0.15, 0.2) is 0 Å². The maximum Gasteiger partial charge on any atom is 0.251 e. The molecule has 0 radical (unpaired) electrons. The van der Waals surface area contributed by atoms with Gasteiger partial charge in [-0.3, -0.25) is 9.69 Å². The number of morpholine rings is 1. The van der Waals surface area contributed by atoms with E-state index in [-0.39, 0.29) is 12.0 Å². The van der Waals surface area contributed by atoms with Crippen LogP contribution in [0, 0.1) is 13.8 Å². The molecule has 1 aliphatic rings. The van der Waals surface area contributed by atoms with Crippen LogP contribution in [-0.2, 0) is 17.9 Å². The zero-order valence-corrected chi connectivity index (χ0v) is 18.5. The Labute approximate surface area is 188 Å². The van der Waals surface area contributed by atoms with Crippen molar-refractivity contribution < 1.29 is 18.8 Å². The highest BCUT2D eigenvalue weighted by molar-refractivity contribution is 5.94. The minimum atomic E-state index is -0.142. The van der Waals surface area contributed by atoms with Crippen LogP contribution in [0.1, 0.15) is 32.9 Å². The SMILES string of the molecule is Cc1noc(C)c1COc1cccc(C(=O)NC[C@@H]2CN(Cc3ccccc3)CCO2)c1. The Hall–Kier alpha value is -3.16. The Balaban J connectivity index is 1.28. The quantitative estimate of drug-likeness (QED) is 0.584. The summed E-state index contributed by atoms with van der Waals surface area (Å²) < 4.78 is 16.9. The van der Waals surface area contributed by atoms with Crippen LogP contribution in [0.4, 0.5) is 0 Å². The highest BCUT2D eigenvalue weighted by Crippen LogP contribution is 2.19. The van der Waals surface area contributed by atoms with Gasteiger partial charge in [0.05, 0.1) is 24.0 Å². The normalized spacial score (nSPS) is 16.6. The number of nitrogens with zero attached hydrogens (tertiary/aromatic N) is 2. The van der Waals surface area contributed by atoms with E-state index in [1.165, 1.54) is 5.56 Å². The Morgan fingerprint density at radius 3 is 2.81 bits per heavy atom. The minimum absolute atomic E-state index is 0.0320. The van der Waals surface area contributed by atoms with Gasteiger partial charge in [-0.1, -0.05) is 41.6 Å². The van der Waals surface area contributed by atoms with Gasteiger partial charge < -0.3 is 19.3 Å². The van der Waals surface area contributed by atoms with Crippen molar-refractivity contribution in [3.05, 3.63) is 82.7 Å². The van der Waals surface area contributed by atoms with E-state index in [1.54, 1.807) is 12.1 Å². The van der Waals surface area contributed by atoms with Crippen LogP contribution in [0.2, 0.25) is 0 Å². The molecule has 2 heterocycles. The van der Waals surface area contributed by atoms with E-state index in [0.717, 1.165) is 36.7 Å². The summed E-state index contributed by atoms with van der Waals surface area (Å²) in [5.41, 5.74) is 3.57. The summed E-state index contributed by atoms with van der Waals surface area (Å²) in [5.74, 6) is 1.22. The first-order chi connectivity index (χ1) is 15.6. The second-order valence-corrected chi connectivity index (χ2v) is 8.04. The standard InChI is InChI=1S/C25H29N3O4/c1-18-24(19(2)32-27-18)17-31-22-10-6-9-21(13-22)25(29)26-14-23-16-28(11-12-30-23)15-20-7-4-3-5-8-20/h3-10,13,23H,11-12,14-17H2,1-2H3,(H,26,29)/t23-/m1/s1. The molecule has 2 aromatic carbocycles. The van der Waals surface area contributed by atoms with Crippen molar-refractivity contribution in [1.29, 1.82) is 0 Å². The maximum atomic E-state index is 12.7. The highest BCUT2D eigenvalue weighted by atomic mass is 16.5. The first-order valence-corrected chi connectivity index (χ1v) is 10.9. The Morgan fingerprint density at radius 1 is 1.19 bits per heavy atom. The molecule has 32 heavy (non-hydrogen) atoms. The van der Waals surface area contributed by atoms with Gasteiger partial charge in [-0.15, -0.1) is 0 Å². The van der Waals surface area contributed by atoms with Gasteiger partial charge in [0.2, 0.25) is 0 Å². The highest BCUT2D eigenvalue weighted by Gasteiger charge is 2.21. The van der Waals surface area contributed by atoms with Crippen molar-refractivity contribution in [2.45, 2.75) is 33.1 Å². The lowest BCUT2D eigenvalue weighted by Crippen LogP contribution is -2.47. The number of aromatic nitrogens is 1. The first-order valence-electron chi connectivity index (χ1n) is 10.9. The zero-order valence-electron chi connectivity index (χ0n) is 18.5. The summed E-state index contributed by atoms with van der Waals surface area (Å²) in [4.78, 5) is 15.1. The lowest BCUT2D eigenvalue weighted by molar-refractivity contribution is -0.0292. The third-order valence-electron chi connectivity index (χ3n) is 5.62. The molecule has 3 aromatic rings. The number of rotatable bonds is 8. The molecule has 0 aliphatic carbocycles.